The maximum Gasteiger partial charge on any atom is 0.488 e. The van der Waals surface area contributed by atoms with Crippen molar-refractivity contribution in [3.8, 4) is 0 Å². The van der Waals surface area contributed by atoms with Crippen LogP contribution in [0.3, 0.4) is 0 Å². The minimum absolute atomic E-state index is 0.286. The molecule has 0 saturated carbocycles. The van der Waals surface area contributed by atoms with E-state index >= 15 is 0 Å². The highest BCUT2D eigenvalue weighted by Crippen LogP contribution is 2.14. The van der Waals surface area contributed by atoms with E-state index in [9.17, 15) is 10.0 Å². The Labute approximate surface area is 304 Å². The first-order valence-corrected chi connectivity index (χ1v) is 19.8. The number of rotatable bonds is 24. The standard InChI is InChI=1S/C39H71BO10/c1-2-3-4-5-6-7-8-9-10-11-12-13-14-15-16-17-18-47-32-36-29-37(31-38(30-36)40(41)42)33-49-35-39-34-48-26-25-45-22-21-43-19-20-44-23-24-46-27-28-50-39/h29-31,39,41-42H,2-28,32-35H2,1H3. The van der Waals surface area contributed by atoms with Crippen LogP contribution in [0.4, 0.5) is 0 Å². The molecule has 1 aromatic carbocycles. The summed E-state index contributed by atoms with van der Waals surface area (Å²) in [5, 5.41) is 19.8. The average Bonchev–Trinajstić information content (AvgIpc) is 3.11. The van der Waals surface area contributed by atoms with Gasteiger partial charge in [0.2, 0.25) is 0 Å². The van der Waals surface area contributed by atoms with Gasteiger partial charge < -0.3 is 47.9 Å². The van der Waals surface area contributed by atoms with Crippen molar-refractivity contribution < 1.29 is 47.9 Å². The summed E-state index contributed by atoms with van der Waals surface area (Å²) in [4.78, 5) is 0. The molecule has 1 fully saturated rings. The summed E-state index contributed by atoms with van der Waals surface area (Å²) in [6.45, 7) is 9.20. The summed E-state index contributed by atoms with van der Waals surface area (Å²) >= 11 is 0. The van der Waals surface area contributed by atoms with E-state index in [2.05, 4.69) is 6.92 Å². The smallest absolute Gasteiger partial charge is 0.423 e. The van der Waals surface area contributed by atoms with Gasteiger partial charge in [-0.25, -0.2) is 0 Å². The van der Waals surface area contributed by atoms with Gasteiger partial charge in [0.1, 0.15) is 6.10 Å². The Balaban J connectivity index is 1.60. The molecule has 1 aromatic rings. The monoisotopic (exact) mass is 711 g/mol. The lowest BCUT2D eigenvalue weighted by Gasteiger charge is -2.19. The zero-order valence-corrected chi connectivity index (χ0v) is 31.5. The van der Waals surface area contributed by atoms with Crippen molar-refractivity contribution in [3.63, 3.8) is 0 Å². The summed E-state index contributed by atoms with van der Waals surface area (Å²) in [5.74, 6) is 0. The minimum Gasteiger partial charge on any atom is -0.423 e. The molecule has 10 nitrogen and oxygen atoms in total. The highest BCUT2D eigenvalue weighted by molar-refractivity contribution is 6.58. The van der Waals surface area contributed by atoms with Gasteiger partial charge in [-0.2, -0.15) is 0 Å². The molecule has 0 aromatic heterocycles. The molecule has 0 bridgehead atoms. The third-order valence-corrected chi connectivity index (χ3v) is 8.73. The number of unbranched alkanes of at least 4 members (excludes halogenated alkanes) is 15. The fourth-order valence-corrected chi connectivity index (χ4v) is 5.87. The molecule has 0 aliphatic carbocycles. The Hall–Kier alpha value is -1.12. The molecule has 11 heteroatoms. The molecule has 50 heavy (non-hydrogen) atoms. The van der Waals surface area contributed by atoms with Gasteiger partial charge in [-0.1, -0.05) is 121 Å². The van der Waals surface area contributed by atoms with Crippen LogP contribution in [0.15, 0.2) is 18.2 Å². The first kappa shape index (κ1) is 45.0. The van der Waals surface area contributed by atoms with Crippen molar-refractivity contribution in [1.29, 1.82) is 0 Å². The van der Waals surface area contributed by atoms with Crippen molar-refractivity contribution in [3.05, 3.63) is 29.3 Å². The lowest BCUT2D eigenvalue weighted by molar-refractivity contribution is -0.0865. The highest BCUT2D eigenvalue weighted by atomic mass is 16.6. The molecule has 0 amide bonds. The highest BCUT2D eigenvalue weighted by Gasteiger charge is 2.15. The lowest BCUT2D eigenvalue weighted by atomic mass is 9.78. The fraction of sp³-hybridized carbons (Fsp3) is 0.846. The van der Waals surface area contributed by atoms with E-state index in [4.69, 9.17) is 37.9 Å². The van der Waals surface area contributed by atoms with Crippen LogP contribution in [-0.2, 0) is 51.1 Å². The number of ether oxygens (including phenoxy) is 8. The zero-order valence-electron chi connectivity index (χ0n) is 31.5. The second-order valence-corrected chi connectivity index (χ2v) is 13.3. The van der Waals surface area contributed by atoms with E-state index in [1.807, 2.05) is 6.07 Å². The van der Waals surface area contributed by atoms with E-state index in [0.29, 0.717) is 105 Å². The first-order chi connectivity index (χ1) is 24.7. The van der Waals surface area contributed by atoms with Gasteiger partial charge in [-0.3, -0.25) is 0 Å². The molecule has 1 aliphatic heterocycles. The Morgan fingerprint density at radius 3 is 1.44 bits per heavy atom. The van der Waals surface area contributed by atoms with Gasteiger partial charge >= 0.3 is 7.12 Å². The minimum atomic E-state index is -1.56. The van der Waals surface area contributed by atoms with Crippen LogP contribution in [0.25, 0.3) is 0 Å². The summed E-state index contributed by atoms with van der Waals surface area (Å²) < 4.78 is 45.8. The van der Waals surface area contributed by atoms with Crippen LogP contribution >= 0.6 is 0 Å². The van der Waals surface area contributed by atoms with Crippen molar-refractivity contribution in [2.45, 2.75) is 129 Å². The van der Waals surface area contributed by atoms with Crippen molar-refractivity contribution in [1.82, 2.24) is 0 Å². The zero-order chi connectivity index (χ0) is 35.6. The molecule has 2 rings (SSSR count). The molecule has 1 aliphatic rings. The summed E-state index contributed by atoms with van der Waals surface area (Å²) in [6, 6.07) is 5.53. The van der Waals surface area contributed by atoms with E-state index in [-0.39, 0.29) is 6.10 Å². The Morgan fingerprint density at radius 2 is 0.960 bits per heavy atom. The van der Waals surface area contributed by atoms with Crippen LogP contribution in [0, 0.1) is 0 Å². The normalized spacial score (nSPS) is 17.7. The lowest BCUT2D eigenvalue weighted by Crippen LogP contribution is -2.31. The number of hydrogen-bond donors (Lipinski definition) is 2. The van der Waals surface area contributed by atoms with E-state index < -0.39 is 7.12 Å². The largest absolute Gasteiger partial charge is 0.488 e. The molecule has 1 saturated heterocycles. The van der Waals surface area contributed by atoms with E-state index in [1.165, 1.54) is 96.3 Å². The molecule has 2 N–H and O–H groups in total. The van der Waals surface area contributed by atoms with Crippen LogP contribution in [0.1, 0.15) is 121 Å². The Bertz CT molecular complexity index is 859. The van der Waals surface area contributed by atoms with Gasteiger partial charge in [0, 0.05) is 6.61 Å². The molecule has 0 radical (unpaired) electrons. The number of hydrogen-bond acceptors (Lipinski definition) is 10. The molecule has 1 atom stereocenters. The van der Waals surface area contributed by atoms with Crippen LogP contribution in [-0.4, -0.2) is 109 Å². The first-order valence-electron chi connectivity index (χ1n) is 19.8. The van der Waals surface area contributed by atoms with Gasteiger partial charge in [0.15, 0.2) is 0 Å². The summed E-state index contributed by atoms with van der Waals surface area (Å²) in [6.07, 6.45) is 21.2. The molecule has 1 unspecified atom stereocenters. The maximum atomic E-state index is 9.88. The molecule has 290 valence electrons. The second kappa shape index (κ2) is 33.7. The van der Waals surface area contributed by atoms with Crippen LogP contribution < -0.4 is 5.46 Å². The predicted molar refractivity (Wildman–Crippen MR) is 199 cm³/mol. The quantitative estimate of drug-likeness (QED) is 0.0958. The van der Waals surface area contributed by atoms with E-state index in [0.717, 1.165) is 17.5 Å². The molecular formula is C39H71BO10. The van der Waals surface area contributed by atoms with Gasteiger partial charge in [-0.15, -0.1) is 0 Å². The average molecular weight is 711 g/mol. The van der Waals surface area contributed by atoms with Crippen LogP contribution in [0.5, 0.6) is 0 Å². The Morgan fingerprint density at radius 1 is 0.540 bits per heavy atom. The van der Waals surface area contributed by atoms with Crippen LogP contribution in [0.2, 0.25) is 0 Å². The predicted octanol–water partition coefficient (Wildman–Crippen LogP) is 6.14. The van der Waals surface area contributed by atoms with Crippen molar-refractivity contribution >= 4 is 12.6 Å². The second-order valence-electron chi connectivity index (χ2n) is 13.3. The SMILES string of the molecule is CCCCCCCCCCCCCCCCCCOCc1cc(COCC2COCCOCCOCCOCCOCCO2)cc(B(O)O)c1. The van der Waals surface area contributed by atoms with Crippen molar-refractivity contribution in [2.24, 2.45) is 0 Å². The van der Waals surface area contributed by atoms with Gasteiger partial charge in [-0.05, 0) is 23.0 Å². The third kappa shape index (κ3) is 26.6. The summed E-state index contributed by atoms with van der Waals surface area (Å²) in [7, 11) is -1.56. The Kier molecular flexibility index (Phi) is 30.4. The fourth-order valence-electron chi connectivity index (χ4n) is 5.87. The molecule has 0 spiro atoms. The molecule has 1 heterocycles. The topological polar surface area (TPSA) is 114 Å². The maximum absolute atomic E-state index is 9.88. The van der Waals surface area contributed by atoms with Crippen molar-refractivity contribution in [2.75, 3.05) is 85.9 Å². The van der Waals surface area contributed by atoms with Gasteiger partial charge in [0.05, 0.1) is 92.5 Å². The molecular weight excluding hydrogens is 639 g/mol. The third-order valence-electron chi connectivity index (χ3n) is 8.73. The number of benzene rings is 1. The summed E-state index contributed by atoms with van der Waals surface area (Å²) in [5.41, 5.74) is 2.17. The van der Waals surface area contributed by atoms with E-state index in [1.54, 1.807) is 12.1 Å². The van der Waals surface area contributed by atoms with Gasteiger partial charge in [0.25, 0.3) is 0 Å².